The Morgan fingerprint density at radius 2 is 2.05 bits per heavy atom. The Labute approximate surface area is 114 Å². The topological polar surface area (TPSA) is 45.1 Å². The number of hydrogen-bond donors (Lipinski definition) is 2. The Balaban J connectivity index is 2.27. The third-order valence-electron chi connectivity index (χ3n) is 3.39. The summed E-state index contributed by atoms with van der Waals surface area (Å²) in [4.78, 5) is 4.34. The van der Waals surface area contributed by atoms with Crippen LogP contribution in [0.2, 0.25) is 0 Å². The van der Waals surface area contributed by atoms with E-state index in [1.807, 2.05) is 37.3 Å². The average Bonchev–Trinajstić information content (AvgIpc) is 2.37. The fourth-order valence-electron chi connectivity index (χ4n) is 2.31. The SMILES string of the molecule is CC(C)NCCC(C)(O)c1cccc2ncccc12. The molecule has 2 rings (SSSR count). The predicted octanol–water partition coefficient (Wildman–Crippen LogP) is 2.83. The standard InChI is InChI=1S/C16H22N2O/c1-12(2)17-11-9-16(3,19)14-7-4-8-15-13(14)6-5-10-18-15/h4-8,10,12,17,19H,9,11H2,1-3H3. The second kappa shape index (κ2) is 5.68. The van der Waals surface area contributed by atoms with Gasteiger partial charge >= 0.3 is 0 Å². The van der Waals surface area contributed by atoms with Gasteiger partial charge < -0.3 is 10.4 Å². The number of nitrogens with one attached hydrogen (secondary N) is 1. The van der Waals surface area contributed by atoms with E-state index in [0.29, 0.717) is 12.5 Å². The van der Waals surface area contributed by atoms with Crippen LogP contribution in [0, 0.1) is 0 Å². The predicted molar refractivity (Wildman–Crippen MR) is 79.1 cm³/mol. The second-order valence-electron chi connectivity index (χ2n) is 5.51. The molecule has 1 aromatic heterocycles. The Kier molecular flexibility index (Phi) is 4.17. The Morgan fingerprint density at radius 3 is 2.79 bits per heavy atom. The molecule has 0 spiro atoms. The third-order valence-corrected chi connectivity index (χ3v) is 3.39. The lowest BCUT2D eigenvalue weighted by molar-refractivity contribution is 0.0490. The van der Waals surface area contributed by atoms with Crippen LogP contribution >= 0.6 is 0 Å². The second-order valence-corrected chi connectivity index (χ2v) is 5.51. The van der Waals surface area contributed by atoms with Gasteiger partial charge in [-0.25, -0.2) is 0 Å². The zero-order valence-electron chi connectivity index (χ0n) is 11.9. The molecule has 0 fully saturated rings. The van der Waals surface area contributed by atoms with Crippen LogP contribution in [0.25, 0.3) is 10.9 Å². The molecule has 1 unspecified atom stereocenters. The van der Waals surface area contributed by atoms with Gasteiger partial charge in [0.05, 0.1) is 11.1 Å². The van der Waals surface area contributed by atoms with Crippen molar-refractivity contribution >= 4 is 10.9 Å². The van der Waals surface area contributed by atoms with E-state index in [1.54, 1.807) is 6.20 Å². The van der Waals surface area contributed by atoms with Gasteiger partial charge in [0.15, 0.2) is 0 Å². The summed E-state index contributed by atoms with van der Waals surface area (Å²) in [5.74, 6) is 0. The minimum absolute atomic E-state index is 0.435. The van der Waals surface area contributed by atoms with Crippen molar-refractivity contribution in [3.8, 4) is 0 Å². The monoisotopic (exact) mass is 258 g/mol. The molecule has 2 N–H and O–H groups in total. The molecule has 0 amide bonds. The van der Waals surface area contributed by atoms with E-state index in [2.05, 4.69) is 24.1 Å². The highest BCUT2D eigenvalue weighted by molar-refractivity contribution is 5.82. The van der Waals surface area contributed by atoms with Crippen LogP contribution in [0.3, 0.4) is 0 Å². The maximum Gasteiger partial charge on any atom is 0.0887 e. The number of fused-ring (bicyclic) bond motifs is 1. The molecule has 19 heavy (non-hydrogen) atoms. The van der Waals surface area contributed by atoms with Gasteiger partial charge in [-0.15, -0.1) is 0 Å². The minimum atomic E-state index is -0.843. The normalized spacial score (nSPS) is 14.8. The highest BCUT2D eigenvalue weighted by Gasteiger charge is 2.24. The molecule has 0 bridgehead atoms. The zero-order chi connectivity index (χ0) is 13.9. The van der Waals surface area contributed by atoms with Gasteiger partial charge in [-0.2, -0.15) is 0 Å². The van der Waals surface area contributed by atoms with Crippen molar-refractivity contribution in [1.29, 1.82) is 0 Å². The van der Waals surface area contributed by atoms with Gasteiger partial charge in [0, 0.05) is 17.6 Å². The molecule has 3 heteroatoms. The smallest absolute Gasteiger partial charge is 0.0887 e. The van der Waals surface area contributed by atoms with Crippen LogP contribution in [-0.2, 0) is 5.60 Å². The maximum atomic E-state index is 10.7. The Morgan fingerprint density at radius 1 is 1.26 bits per heavy atom. The quantitative estimate of drug-likeness (QED) is 0.867. The first kappa shape index (κ1) is 14.0. The van der Waals surface area contributed by atoms with E-state index >= 15 is 0 Å². The number of pyridine rings is 1. The minimum Gasteiger partial charge on any atom is -0.385 e. The van der Waals surface area contributed by atoms with E-state index in [0.717, 1.165) is 23.0 Å². The summed E-state index contributed by atoms with van der Waals surface area (Å²) in [7, 11) is 0. The highest BCUT2D eigenvalue weighted by atomic mass is 16.3. The number of rotatable bonds is 5. The van der Waals surface area contributed by atoms with E-state index in [4.69, 9.17) is 0 Å². The fourth-order valence-corrected chi connectivity index (χ4v) is 2.31. The highest BCUT2D eigenvalue weighted by Crippen LogP contribution is 2.30. The molecule has 0 aliphatic rings. The van der Waals surface area contributed by atoms with Crippen molar-refractivity contribution in [2.75, 3.05) is 6.54 Å². The van der Waals surface area contributed by atoms with Gasteiger partial charge in [0.1, 0.15) is 0 Å². The van der Waals surface area contributed by atoms with Gasteiger partial charge in [-0.3, -0.25) is 4.98 Å². The molecular formula is C16H22N2O. The summed E-state index contributed by atoms with van der Waals surface area (Å²) in [5.41, 5.74) is 1.03. The Bertz CT molecular complexity index is 544. The van der Waals surface area contributed by atoms with Crippen molar-refractivity contribution in [3.05, 3.63) is 42.1 Å². The average molecular weight is 258 g/mol. The van der Waals surface area contributed by atoms with Gasteiger partial charge in [0.25, 0.3) is 0 Å². The Hall–Kier alpha value is -1.45. The maximum absolute atomic E-state index is 10.7. The molecule has 1 heterocycles. The summed E-state index contributed by atoms with van der Waals surface area (Å²) >= 11 is 0. The molecule has 0 aliphatic heterocycles. The molecule has 3 nitrogen and oxygen atoms in total. The van der Waals surface area contributed by atoms with Crippen LogP contribution < -0.4 is 5.32 Å². The van der Waals surface area contributed by atoms with Gasteiger partial charge in [-0.05, 0) is 37.6 Å². The number of aromatic nitrogens is 1. The van der Waals surface area contributed by atoms with E-state index in [1.165, 1.54) is 0 Å². The molecule has 1 atom stereocenters. The zero-order valence-corrected chi connectivity index (χ0v) is 11.9. The lowest BCUT2D eigenvalue weighted by Gasteiger charge is -2.26. The van der Waals surface area contributed by atoms with E-state index in [-0.39, 0.29) is 0 Å². The number of aliphatic hydroxyl groups is 1. The summed E-state index contributed by atoms with van der Waals surface area (Å²) in [6.07, 6.45) is 2.46. The van der Waals surface area contributed by atoms with Crippen molar-refractivity contribution < 1.29 is 5.11 Å². The lowest BCUT2D eigenvalue weighted by atomic mass is 9.89. The molecule has 1 aromatic carbocycles. The molecule has 0 aliphatic carbocycles. The van der Waals surface area contributed by atoms with Crippen molar-refractivity contribution in [2.45, 2.75) is 38.8 Å². The summed E-state index contributed by atoms with van der Waals surface area (Å²) < 4.78 is 0. The van der Waals surface area contributed by atoms with Crippen molar-refractivity contribution in [3.63, 3.8) is 0 Å². The summed E-state index contributed by atoms with van der Waals surface area (Å²) in [6, 6.07) is 10.3. The molecule has 0 saturated heterocycles. The first-order valence-electron chi connectivity index (χ1n) is 6.81. The van der Waals surface area contributed by atoms with Crippen LogP contribution in [0.5, 0.6) is 0 Å². The fraction of sp³-hybridized carbons (Fsp3) is 0.438. The molecule has 0 radical (unpaired) electrons. The van der Waals surface area contributed by atoms with Crippen LogP contribution in [0.15, 0.2) is 36.5 Å². The molecular weight excluding hydrogens is 236 g/mol. The third kappa shape index (κ3) is 3.31. The largest absolute Gasteiger partial charge is 0.385 e. The first-order valence-corrected chi connectivity index (χ1v) is 6.81. The number of hydrogen-bond acceptors (Lipinski definition) is 3. The summed E-state index contributed by atoms with van der Waals surface area (Å²) in [5, 5.41) is 15.1. The molecule has 0 saturated carbocycles. The first-order chi connectivity index (χ1) is 9.00. The molecule has 102 valence electrons. The van der Waals surface area contributed by atoms with E-state index < -0.39 is 5.60 Å². The van der Waals surface area contributed by atoms with Crippen LogP contribution in [0.1, 0.15) is 32.8 Å². The van der Waals surface area contributed by atoms with Gasteiger partial charge in [-0.1, -0.05) is 32.0 Å². The van der Waals surface area contributed by atoms with Crippen LogP contribution in [-0.4, -0.2) is 22.7 Å². The van der Waals surface area contributed by atoms with Gasteiger partial charge in [0.2, 0.25) is 0 Å². The van der Waals surface area contributed by atoms with E-state index in [9.17, 15) is 5.11 Å². The lowest BCUT2D eigenvalue weighted by Crippen LogP contribution is -2.31. The van der Waals surface area contributed by atoms with Crippen LogP contribution in [0.4, 0.5) is 0 Å². The number of benzene rings is 1. The van der Waals surface area contributed by atoms with Crippen molar-refractivity contribution in [1.82, 2.24) is 10.3 Å². The number of nitrogens with zero attached hydrogens (tertiary/aromatic N) is 1. The molecule has 2 aromatic rings. The van der Waals surface area contributed by atoms with Crippen molar-refractivity contribution in [2.24, 2.45) is 0 Å². The summed E-state index contributed by atoms with van der Waals surface area (Å²) in [6.45, 7) is 6.88.